The zero-order chi connectivity index (χ0) is 49.7. The lowest BCUT2D eigenvalue weighted by atomic mass is 9.95. The van der Waals surface area contributed by atoms with Crippen molar-refractivity contribution in [2.24, 2.45) is 5.41 Å². The molecule has 2 aliphatic rings. The van der Waals surface area contributed by atoms with Crippen molar-refractivity contribution in [1.29, 1.82) is 0 Å². The second-order valence-corrected chi connectivity index (χ2v) is 19.4. The van der Waals surface area contributed by atoms with Crippen LogP contribution in [0.5, 0.6) is 0 Å². The van der Waals surface area contributed by atoms with E-state index >= 15 is 0 Å². The standard InChI is InChI=1S/C56H60N6O8/c1-35(63)57-50(39-16-8-6-9-17-39)52(66)60-27-13-21-44(60)48(64)32-36-23-25-42-43-26-24-37(31-47(43)62(46(42)30-36)34-38-15-12-20-41(29-38)58-54(68)56(2,3)4)33-49(65)45-22-14-28-61(45)53(67)51(59-55(69)70-5)40-18-10-7-11-19-40/h6-12,15-20,23-26,29-31,44-45,50-51H,13-14,21-22,27-28,32-34H2,1-5H3,(H,57,63)(H,58,68)(H,59,69)/t44-,45-,50+,51+/m0/s1. The van der Waals surface area contributed by atoms with Gasteiger partial charge in [0.1, 0.15) is 12.1 Å². The van der Waals surface area contributed by atoms with E-state index in [1.165, 1.54) is 14.0 Å². The first-order chi connectivity index (χ1) is 33.6. The number of amides is 5. The number of hydrogen-bond acceptors (Lipinski definition) is 8. The van der Waals surface area contributed by atoms with Gasteiger partial charge in [0.05, 0.1) is 19.2 Å². The Kier molecular flexibility index (Phi) is 14.6. The Morgan fingerprint density at radius 3 is 1.59 bits per heavy atom. The van der Waals surface area contributed by atoms with Crippen LogP contribution in [0.3, 0.4) is 0 Å². The van der Waals surface area contributed by atoms with Gasteiger partial charge in [-0.3, -0.25) is 28.8 Å². The number of nitrogens with one attached hydrogen (secondary N) is 3. The van der Waals surface area contributed by atoms with E-state index in [-0.39, 0.29) is 48.0 Å². The van der Waals surface area contributed by atoms with Gasteiger partial charge in [-0.1, -0.05) is 118 Å². The van der Waals surface area contributed by atoms with E-state index < -0.39 is 35.7 Å². The van der Waals surface area contributed by atoms with Gasteiger partial charge < -0.3 is 35.1 Å². The first-order valence-electron chi connectivity index (χ1n) is 23.9. The van der Waals surface area contributed by atoms with Gasteiger partial charge in [0.25, 0.3) is 5.91 Å². The third-order valence-electron chi connectivity index (χ3n) is 13.3. The van der Waals surface area contributed by atoms with Gasteiger partial charge in [-0.2, -0.15) is 0 Å². The lowest BCUT2D eigenvalue weighted by molar-refractivity contribution is -0.140. The molecule has 14 heteroatoms. The third kappa shape index (κ3) is 10.8. The molecule has 8 rings (SSSR count). The van der Waals surface area contributed by atoms with Gasteiger partial charge in [-0.25, -0.2) is 4.79 Å². The van der Waals surface area contributed by atoms with Crippen LogP contribution in [-0.4, -0.2) is 87.9 Å². The zero-order valence-electron chi connectivity index (χ0n) is 40.3. The Morgan fingerprint density at radius 2 is 1.11 bits per heavy atom. The second-order valence-electron chi connectivity index (χ2n) is 19.4. The molecule has 6 aromatic rings. The Morgan fingerprint density at radius 1 is 0.614 bits per heavy atom. The molecule has 3 heterocycles. The van der Waals surface area contributed by atoms with Crippen LogP contribution in [0.15, 0.2) is 121 Å². The number of rotatable bonds is 15. The molecule has 3 N–H and O–H groups in total. The highest BCUT2D eigenvalue weighted by Gasteiger charge is 2.39. The van der Waals surface area contributed by atoms with Gasteiger partial charge in [-0.05, 0) is 77.8 Å². The molecule has 70 heavy (non-hydrogen) atoms. The first-order valence-corrected chi connectivity index (χ1v) is 23.9. The van der Waals surface area contributed by atoms with Crippen molar-refractivity contribution in [3.8, 4) is 0 Å². The summed E-state index contributed by atoms with van der Waals surface area (Å²) in [6, 6.07) is 34.3. The number of anilines is 1. The number of fused-ring (bicyclic) bond motifs is 3. The quantitative estimate of drug-likeness (QED) is 0.0928. The van der Waals surface area contributed by atoms with Gasteiger partial charge in [0.2, 0.25) is 17.7 Å². The summed E-state index contributed by atoms with van der Waals surface area (Å²) in [6.07, 6.45) is 1.69. The molecule has 0 unspecified atom stereocenters. The summed E-state index contributed by atoms with van der Waals surface area (Å²) >= 11 is 0. The number of benzene rings is 5. The number of alkyl carbamates (subject to hydrolysis) is 1. The molecule has 4 atom stereocenters. The predicted molar refractivity (Wildman–Crippen MR) is 268 cm³/mol. The van der Waals surface area contributed by atoms with Crippen molar-refractivity contribution >= 4 is 68.8 Å². The topological polar surface area (TPSA) is 176 Å². The second kappa shape index (κ2) is 20.9. The Balaban J connectivity index is 1.10. The highest BCUT2D eigenvalue weighted by Crippen LogP contribution is 2.34. The monoisotopic (exact) mass is 944 g/mol. The summed E-state index contributed by atoms with van der Waals surface area (Å²) in [5, 5.41) is 10.4. The van der Waals surface area contributed by atoms with Crippen molar-refractivity contribution in [2.45, 2.75) is 96.9 Å². The highest BCUT2D eigenvalue weighted by atomic mass is 16.5. The SMILES string of the molecule is COC(=O)N[C@@H](C(=O)N1CCC[C@H]1C(=O)Cc1ccc2c3ccc(CC(=O)[C@@H]4CCCN4C(=O)[C@H](NC(C)=O)c4ccccc4)cc3n(Cc3cccc(NC(=O)C(C)(C)C)c3)c2c1)c1ccccc1. The van der Waals surface area contributed by atoms with Gasteiger partial charge in [0.15, 0.2) is 11.6 Å². The third-order valence-corrected chi connectivity index (χ3v) is 13.3. The average molecular weight is 945 g/mol. The number of likely N-dealkylation sites (tertiary alicyclic amines) is 2. The molecule has 0 saturated carbocycles. The lowest BCUT2D eigenvalue weighted by Gasteiger charge is -2.28. The number of carbonyl (C=O) groups is 7. The highest BCUT2D eigenvalue weighted by molar-refractivity contribution is 6.09. The average Bonchev–Trinajstić information content (AvgIpc) is 4.12. The van der Waals surface area contributed by atoms with E-state index in [9.17, 15) is 33.6 Å². The Hall–Kier alpha value is -7.61. The van der Waals surface area contributed by atoms with Crippen LogP contribution >= 0.6 is 0 Å². The van der Waals surface area contributed by atoms with E-state index in [0.717, 1.165) is 38.5 Å². The summed E-state index contributed by atoms with van der Waals surface area (Å²) in [5.41, 5.74) is 5.44. The molecule has 2 aliphatic heterocycles. The minimum absolute atomic E-state index is 0.0596. The van der Waals surface area contributed by atoms with Crippen molar-refractivity contribution in [3.05, 3.63) is 149 Å². The predicted octanol–water partition coefficient (Wildman–Crippen LogP) is 8.01. The van der Waals surface area contributed by atoms with E-state index in [1.54, 1.807) is 46.2 Å². The molecule has 0 spiro atoms. The summed E-state index contributed by atoms with van der Waals surface area (Å²) in [7, 11) is 1.24. The lowest BCUT2D eigenvalue weighted by Crippen LogP contribution is -2.47. The van der Waals surface area contributed by atoms with Crippen LogP contribution in [0, 0.1) is 5.41 Å². The number of methoxy groups -OCH3 is 1. The Bertz CT molecular complexity index is 2960. The van der Waals surface area contributed by atoms with Crippen LogP contribution in [0.4, 0.5) is 10.5 Å². The molecule has 0 bridgehead atoms. The molecule has 5 amide bonds. The fourth-order valence-electron chi connectivity index (χ4n) is 9.77. The molecule has 0 radical (unpaired) electrons. The largest absolute Gasteiger partial charge is 0.453 e. The number of aromatic nitrogens is 1. The number of ether oxygens (including phenoxy) is 1. The maximum Gasteiger partial charge on any atom is 0.407 e. The summed E-state index contributed by atoms with van der Waals surface area (Å²) in [5.74, 6) is -1.37. The number of Topliss-reactive ketones (excluding diaryl/α,β-unsaturated/α-hetero) is 2. The van der Waals surface area contributed by atoms with Crippen molar-refractivity contribution in [2.75, 3.05) is 25.5 Å². The number of nitrogens with zero attached hydrogens (tertiary/aromatic N) is 3. The molecular weight excluding hydrogens is 885 g/mol. The first kappa shape index (κ1) is 48.8. The zero-order valence-corrected chi connectivity index (χ0v) is 40.3. The summed E-state index contributed by atoms with van der Waals surface area (Å²) < 4.78 is 7.01. The maximum absolute atomic E-state index is 14.3. The molecule has 2 fully saturated rings. The van der Waals surface area contributed by atoms with Crippen LogP contribution in [0.1, 0.15) is 93.3 Å². The maximum atomic E-state index is 14.3. The molecule has 14 nitrogen and oxygen atoms in total. The van der Waals surface area contributed by atoms with Crippen LogP contribution < -0.4 is 16.0 Å². The molecule has 0 aliphatic carbocycles. The van der Waals surface area contributed by atoms with Crippen molar-refractivity contribution < 1.29 is 38.3 Å². The van der Waals surface area contributed by atoms with Crippen molar-refractivity contribution in [3.63, 3.8) is 0 Å². The molecule has 5 aromatic carbocycles. The van der Waals surface area contributed by atoms with Gasteiger partial charge >= 0.3 is 6.09 Å². The molecule has 1 aromatic heterocycles. The van der Waals surface area contributed by atoms with Gasteiger partial charge in [-0.15, -0.1) is 0 Å². The van der Waals surface area contributed by atoms with E-state index in [1.807, 2.05) is 106 Å². The number of ketones is 2. The fourth-order valence-corrected chi connectivity index (χ4v) is 9.77. The van der Waals surface area contributed by atoms with E-state index in [0.29, 0.717) is 62.1 Å². The Labute approximate surface area is 407 Å². The summed E-state index contributed by atoms with van der Waals surface area (Å²) in [6.45, 7) is 8.11. The van der Waals surface area contributed by atoms with E-state index in [2.05, 4.69) is 20.5 Å². The molecular formula is C56H60N6O8. The van der Waals surface area contributed by atoms with Crippen LogP contribution in [-0.2, 0) is 52.9 Å². The number of hydrogen-bond donors (Lipinski definition) is 3. The normalized spacial score (nSPS) is 16.7. The van der Waals surface area contributed by atoms with E-state index in [4.69, 9.17) is 4.74 Å². The van der Waals surface area contributed by atoms with Gasteiger partial charge in [0, 0.05) is 72.3 Å². The number of carbonyl (C=O) groups excluding carboxylic acids is 7. The minimum Gasteiger partial charge on any atom is -0.453 e. The molecule has 2 saturated heterocycles. The van der Waals surface area contributed by atoms with Crippen LogP contribution in [0.2, 0.25) is 0 Å². The van der Waals surface area contributed by atoms with Crippen molar-refractivity contribution in [1.82, 2.24) is 25.0 Å². The smallest absolute Gasteiger partial charge is 0.407 e. The molecule has 362 valence electrons. The fraction of sp³-hybridized carbons (Fsp3) is 0.339. The minimum atomic E-state index is -1.03. The van der Waals surface area contributed by atoms with Crippen LogP contribution in [0.25, 0.3) is 21.8 Å². The summed E-state index contributed by atoms with van der Waals surface area (Å²) in [4.78, 5) is 97.7.